The summed E-state index contributed by atoms with van der Waals surface area (Å²) in [5, 5.41) is 8.32. The van der Waals surface area contributed by atoms with Gasteiger partial charge in [-0.3, -0.25) is 4.79 Å². The van der Waals surface area contributed by atoms with Crippen molar-refractivity contribution < 1.29 is 4.79 Å². The SMILES string of the molecule is CCN(CC)CCNC(=O)c1nc2c3c4c(sc3ncn2n1)CCC4. The minimum Gasteiger partial charge on any atom is -0.348 e. The van der Waals surface area contributed by atoms with E-state index in [1.165, 1.54) is 16.9 Å². The van der Waals surface area contributed by atoms with Crippen molar-refractivity contribution in [3.8, 4) is 0 Å². The van der Waals surface area contributed by atoms with E-state index in [-0.39, 0.29) is 11.7 Å². The molecule has 0 fully saturated rings. The van der Waals surface area contributed by atoms with E-state index >= 15 is 0 Å². The van der Waals surface area contributed by atoms with Crippen molar-refractivity contribution in [1.82, 2.24) is 29.8 Å². The van der Waals surface area contributed by atoms with Crippen LogP contribution in [0.4, 0.5) is 0 Å². The van der Waals surface area contributed by atoms with Crippen molar-refractivity contribution in [3.63, 3.8) is 0 Å². The standard InChI is InChI=1S/C17H22N6OS/c1-3-22(4-2)9-8-18-16(24)14-20-15-13-11-6-5-7-12(11)25-17(13)19-10-23(15)21-14/h10H,3-9H2,1-2H3,(H,18,24). The van der Waals surface area contributed by atoms with Crippen LogP contribution in [0.15, 0.2) is 6.33 Å². The Kier molecular flexibility index (Phi) is 4.39. The number of aromatic nitrogens is 4. The molecule has 0 saturated carbocycles. The summed E-state index contributed by atoms with van der Waals surface area (Å²) in [5.41, 5.74) is 2.09. The van der Waals surface area contributed by atoms with Gasteiger partial charge in [-0.2, -0.15) is 0 Å². The Labute approximate surface area is 150 Å². The molecule has 1 aliphatic rings. The Morgan fingerprint density at radius 2 is 2.20 bits per heavy atom. The molecule has 1 aliphatic carbocycles. The second-order valence-corrected chi connectivity index (χ2v) is 7.35. The summed E-state index contributed by atoms with van der Waals surface area (Å²) in [6.07, 6.45) is 5.03. The van der Waals surface area contributed by atoms with E-state index in [0.29, 0.717) is 6.54 Å². The van der Waals surface area contributed by atoms with Crippen LogP contribution >= 0.6 is 11.3 Å². The lowest BCUT2D eigenvalue weighted by Crippen LogP contribution is -2.35. The van der Waals surface area contributed by atoms with Crippen molar-refractivity contribution >= 4 is 33.1 Å². The topological polar surface area (TPSA) is 75.4 Å². The highest BCUT2D eigenvalue weighted by molar-refractivity contribution is 7.19. The number of amides is 1. The van der Waals surface area contributed by atoms with Crippen LogP contribution in [0.3, 0.4) is 0 Å². The third-order valence-corrected chi connectivity index (χ3v) is 6.05. The molecule has 0 radical (unpaired) electrons. The lowest BCUT2D eigenvalue weighted by Gasteiger charge is -2.17. The van der Waals surface area contributed by atoms with Crippen LogP contribution in [0.2, 0.25) is 0 Å². The van der Waals surface area contributed by atoms with Crippen LogP contribution in [0, 0.1) is 0 Å². The van der Waals surface area contributed by atoms with Crippen LogP contribution in [0.1, 0.15) is 41.3 Å². The van der Waals surface area contributed by atoms with Crippen molar-refractivity contribution in [2.45, 2.75) is 33.1 Å². The van der Waals surface area contributed by atoms with E-state index in [0.717, 1.165) is 48.3 Å². The van der Waals surface area contributed by atoms with Gasteiger partial charge < -0.3 is 10.2 Å². The molecule has 0 unspecified atom stereocenters. The van der Waals surface area contributed by atoms with Crippen molar-refractivity contribution in [2.75, 3.05) is 26.2 Å². The number of nitrogens with zero attached hydrogens (tertiary/aromatic N) is 5. The second kappa shape index (κ2) is 6.68. The van der Waals surface area contributed by atoms with Gasteiger partial charge >= 0.3 is 0 Å². The fourth-order valence-corrected chi connectivity index (χ4v) is 4.66. The average molecular weight is 358 g/mol. The number of rotatable bonds is 6. The molecule has 132 valence electrons. The number of aryl methyl sites for hydroxylation is 2. The first-order chi connectivity index (χ1) is 12.2. The van der Waals surface area contributed by atoms with Gasteiger partial charge in [-0.15, -0.1) is 16.4 Å². The largest absolute Gasteiger partial charge is 0.348 e. The first-order valence-electron chi connectivity index (χ1n) is 8.87. The molecule has 0 aliphatic heterocycles. The lowest BCUT2D eigenvalue weighted by molar-refractivity contribution is 0.0939. The Bertz CT molecular complexity index is 926. The van der Waals surface area contributed by atoms with Gasteiger partial charge in [0.05, 0.1) is 5.39 Å². The van der Waals surface area contributed by atoms with E-state index < -0.39 is 0 Å². The fraction of sp³-hybridized carbons (Fsp3) is 0.529. The molecule has 7 nitrogen and oxygen atoms in total. The van der Waals surface area contributed by atoms with Crippen LogP contribution < -0.4 is 5.32 Å². The molecule has 0 spiro atoms. The molecule has 1 amide bonds. The Balaban J connectivity index is 1.59. The summed E-state index contributed by atoms with van der Waals surface area (Å²) in [6, 6.07) is 0. The molecule has 0 saturated heterocycles. The van der Waals surface area contributed by atoms with Gasteiger partial charge in [0.15, 0.2) is 5.65 Å². The predicted molar refractivity (Wildman–Crippen MR) is 98.3 cm³/mol. The van der Waals surface area contributed by atoms with Crippen LogP contribution in [0.5, 0.6) is 0 Å². The Hall–Kier alpha value is -2.06. The lowest BCUT2D eigenvalue weighted by atomic mass is 10.2. The molecular weight excluding hydrogens is 336 g/mol. The van der Waals surface area contributed by atoms with E-state index in [1.807, 2.05) is 0 Å². The third kappa shape index (κ3) is 2.89. The smallest absolute Gasteiger partial charge is 0.291 e. The maximum Gasteiger partial charge on any atom is 0.291 e. The van der Waals surface area contributed by atoms with Gasteiger partial charge in [0, 0.05) is 18.0 Å². The highest BCUT2D eigenvalue weighted by atomic mass is 32.1. The maximum atomic E-state index is 12.4. The second-order valence-electron chi connectivity index (χ2n) is 6.27. The first-order valence-corrected chi connectivity index (χ1v) is 9.69. The van der Waals surface area contributed by atoms with Gasteiger partial charge in [-0.1, -0.05) is 13.8 Å². The number of carbonyl (C=O) groups excluding carboxylic acids is 1. The van der Waals surface area contributed by atoms with Gasteiger partial charge in [0.2, 0.25) is 5.82 Å². The molecule has 0 bridgehead atoms. The van der Waals surface area contributed by atoms with Gasteiger partial charge in [-0.05, 0) is 37.9 Å². The Morgan fingerprint density at radius 3 is 3.00 bits per heavy atom. The molecule has 8 heteroatoms. The van der Waals surface area contributed by atoms with Gasteiger partial charge in [-0.25, -0.2) is 14.5 Å². The summed E-state index contributed by atoms with van der Waals surface area (Å²) in [6.45, 7) is 7.62. The minimum atomic E-state index is -0.226. The van der Waals surface area contributed by atoms with E-state index in [2.05, 4.69) is 39.1 Å². The Morgan fingerprint density at radius 1 is 1.36 bits per heavy atom. The maximum absolute atomic E-state index is 12.4. The molecule has 1 N–H and O–H groups in total. The number of thiophene rings is 1. The quantitative estimate of drug-likeness (QED) is 0.728. The fourth-order valence-electron chi connectivity index (χ4n) is 3.44. The summed E-state index contributed by atoms with van der Waals surface area (Å²) in [4.78, 5) is 26.1. The monoisotopic (exact) mass is 358 g/mol. The highest BCUT2D eigenvalue weighted by Gasteiger charge is 2.23. The molecule has 0 atom stereocenters. The van der Waals surface area contributed by atoms with E-state index in [9.17, 15) is 4.79 Å². The van der Waals surface area contributed by atoms with Crippen molar-refractivity contribution in [3.05, 3.63) is 22.6 Å². The molecule has 4 rings (SSSR count). The number of likely N-dealkylation sites (N-methyl/N-ethyl adjacent to an activating group) is 1. The first kappa shape index (κ1) is 16.4. The van der Waals surface area contributed by atoms with Crippen molar-refractivity contribution in [2.24, 2.45) is 0 Å². The summed E-state index contributed by atoms with van der Waals surface area (Å²) >= 11 is 1.74. The molecule has 3 aromatic rings. The number of nitrogens with one attached hydrogen (secondary N) is 1. The predicted octanol–water partition coefficient (Wildman–Crippen LogP) is 1.90. The highest BCUT2D eigenvalue weighted by Crippen LogP contribution is 2.37. The number of hydrogen-bond acceptors (Lipinski definition) is 6. The average Bonchev–Trinajstić information content (AvgIpc) is 3.30. The number of carbonyl (C=O) groups is 1. The normalized spacial score (nSPS) is 13.9. The van der Waals surface area contributed by atoms with Gasteiger partial charge in [0.25, 0.3) is 5.91 Å². The van der Waals surface area contributed by atoms with Gasteiger partial charge in [0.1, 0.15) is 11.2 Å². The zero-order valence-electron chi connectivity index (χ0n) is 14.6. The molecule has 3 heterocycles. The van der Waals surface area contributed by atoms with Crippen LogP contribution in [0.25, 0.3) is 15.9 Å². The third-order valence-electron chi connectivity index (χ3n) is 4.85. The molecule has 3 aromatic heterocycles. The van der Waals surface area contributed by atoms with E-state index in [4.69, 9.17) is 0 Å². The number of fused-ring (bicyclic) bond motifs is 5. The molecular formula is C17H22N6OS. The van der Waals surface area contributed by atoms with Crippen LogP contribution in [-0.2, 0) is 12.8 Å². The molecule has 0 aromatic carbocycles. The van der Waals surface area contributed by atoms with Crippen LogP contribution in [-0.4, -0.2) is 56.6 Å². The zero-order valence-corrected chi connectivity index (χ0v) is 15.4. The van der Waals surface area contributed by atoms with E-state index in [1.54, 1.807) is 22.2 Å². The molecule has 25 heavy (non-hydrogen) atoms. The summed E-state index contributed by atoms with van der Waals surface area (Å²) in [5.74, 6) is -0.0114. The summed E-state index contributed by atoms with van der Waals surface area (Å²) < 4.78 is 1.63. The van der Waals surface area contributed by atoms with Crippen molar-refractivity contribution in [1.29, 1.82) is 0 Å². The minimum absolute atomic E-state index is 0.215. The summed E-state index contributed by atoms with van der Waals surface area (Å²) in [7, 11) is 0. The zero-order chi connectivity index (χ0) is 17.4. The number of hydrogen-bond donors (Lipinski definition) is 1.